The SMILES string of the molecule is COc1ccc([C@@H](C)NC(C)C(=O)O)cc1. The molecule has 88 valence electrons. The standard InChI is InChI=1S/C12H17NO3/c1-8(13-9(2)12(14)15)10-4-6-11(16-3)7-5-10/h4-9,13H,1-3H3,(H,14,15)/t8-,9?/m1/s1. The van der Waals surface area contributed by atoms with E-state index in [1.54, 1.807) is 14.0 Å². The van der Waals surface area contributed by atoms with Gasteiger partial charge in [-0.1, -0.05) is 12.1 Å². The van der Waals surface area contributed by atoms with Crippen molar-refractivity contribution in [1.29, 1.82) is 0 Å². The molecule has 4 heteroatoms. The van der Waals surface area contributed by atoms with Crippen molar-refractivity contribution in [1.82, 2.24) is 5.32 Å². The van der Waals surface area contributed by atoms with Gasteiger partial charge in [-0.15, -0.1) is 0 Å². The first-order chi connectivity index (χ1) is 7.54. The lowest BCUT2D eigenvalue weighted by molar-refractivity contribution is -0.139. The number of methoxy groups -OCH3 is 1. The van der Waals surface area contributed by atoms with E-state index < -0.39 is 12.0 Å². The summed E-state index contributed by atoms with van der Waals surface area (Å²) in [6.45, 7) is 3.56. The minimum Gasteiger partial charge on any atom is -0.497 e. The minimum absolute atomic E-state index is 0.00277. The van der Waals surface area contributed by atoms with Crippen LogP contribution in [0, 0.1) is 0 Å². The summed E-state index contributed by atoms with van der Waals surface area (Å²) >= 11 is 0. The Morgan fingerprint density at radius 1 is 1.31 bits per heavy atom. The van der Waals surface area contributed by atoms with Gasteiger partial charge in [0.1, 0.15) is 11.8 Å². The molecule has 0 aliphatic rings. The van der Waals surface area contributed by atoms with Crippen molar-refractivity contribution in [3.8, 4) is 5.75 Å². The Bertz CT molecular complexity index is 348. The van der Waals surface area contributed by atoms with Crippen LogP contribution in [0.4, 0.5) is 0 Å². The van der Waals surface area contributed by atoms with Gasteiger partial charge in [0.25, 0.3) is 0 Å². The topological polar surface area (TPSA) is 58.6 Å². The second-order valence-corrected chi connectivity index (χ2v) is 3.72. The van der Waals surface area contributed by atoms with Gasteiger partial charge in [-0.2, -0.15) is 0 Å². The highest BCUT2D eigenvalue weighted by molar-refractivity contribution is 5.72. The first-order valence-corrected chi connectivity index (χ1v) is 5.17. The summed E-state index contributed by atoms with van der Waals surface area (Å²) in [6.07, 6.45) is 0. The van der Waals surface area contributed by atoms with Crippen LogP contribution >= 0.6 is 0 Å². The summed E-state index contributed by atoms with van der Waals surface area (Å²) in [5, 5.41) is 11.8. The molecular formula is C12H17NO3. The summed E-state index contributed by atoms with van der Waals surface area (Å²) in [5.41, 5.74) is 1.04. The highest BCUT2D eigenvalue weighted by Gasteiger charge is 2.14. The molecule has 1 aromatic carbocycles. The molecule has 0 fully saturated rings. The number of aliphatic carboxylic acids is 1. The molecular weight excluding hydrogens is 206 g/mol. The van der Waals surface area contributed by atoms with E-state index in [0.29, 0.717) is 0 Å². The van der Waals surface area contributed by atoms with Crippen LogP contribution in [0.3, 0.4) is 0 Å². The number of hydrogen-bond acceptors (Lipinski definition) is 3. The third-order valence-electron chi connectivity index (χ3n) is 2.49. The van der Waals surface area contributed by atoms with E-state index in [-0.39, 0.29) is 6.04 Å². The second kappa shape index (κ2) is 5.51. The number of carboxylic acids is 1. The van der Waals surface area contributed by atoms with Gasteiger partial charge in [0.2, 0.25) is 0 Å². The predicted octanol–water partition coefficient (Wildman–Crippen LogP) is 1.82. The van der Waals surface area contributed by atoms with Gasteiger partial charge >= 0.3 is 5.97 Å². The zero-order valence-electron chi connectivity index (χ0n) is 9.73. The zero-order valence-corrected chi connectivity index (χ0v) is 9.73. The van der Waals surface area contributed by atoms with E-state index in [2.05, 4.69) is 5.32 Å². The molecule has 0 aromatic heterocycles. The van der Waals surface area contributed by atoms with Crippen molar-refractivity contribution >= 4 is 5.97 Å². The quantitative estimate of drug-likeness (QED) is 0.799. The van der Waals surface area contributed by atoms with Crippen LogP contribution in [-0.4, -0.2) is 24.2 Å². The molecule has 1 aromatic rings. The molecule has 1 rings (SSSR count). The molecule has 0 saturated carbocycles. The maximum absolute atomic E-state index is 10.7. The van der Waals surface area contributed by atoms with Gasteiger partial charge in [0, 0.05) is 6.04 Å². The molecule has 0 amide bonds. The molecule has 2 atom stereocenters. The monoisotopic (exact) mass is 223 g/mol. The van der Waals surface area contributed by atoms with Crippen molar-refractivity contribution in [2.45, 2.75) is 25.9 Å². The van der Waals surface area contributed by atoms with E-state index in [1.165, 1.54) is 0 Å². The van der Waals surface area contributed by atoms with E-state index in [1.807, 2.05) is 31.2 Å². The largest absolute Gasteiger partial charge is 0.497 e. The van der Waals surface area contributed by atoms with Crippen LogP contribution in [0.5, 0.6) is 5.75 Å². The average Bonchev–Trinajstić information content (AvgIpc) is 2.28. The van der Waals surface area contributed by atoms with Crippen LogP contribution < -0.4 is 10.1 Å². The van der Waals surface area contributed by atoms with Crippen molar-refractivity contribution in [3.63, 3.8) is 0 Å². The number of ether oxygens (including phenoxy) is 1. The summed E-state index contributed by atoms with van der Waals surface area (Å²) in [7, 11) is 1.61. The fraction of sp³-hybridized carbons (Fsp3) is 0.417. The molecule has 0 saturated heterocycles. The summed E-state index contributed by atoms with van der Waals surface area (Å²) in [4.78, 5) is 10.7. The highest BCUT2D eigenvalue weighted by Crippen LogP contribution is 2.17. The number of carboxylic acid groups (broad SMARTS) is 1. The second-order valence-electron chi connectivity index (χ2n) is 3.72. The lowest BCUT2D eigenvalue weighted by Gasteiger charge is -2.17. The fourth-order valence-corrected chi connectivity index (χ4v) is 1.44. The number of benzene rings is 1. The van der Waals surface area contributed by atoms with Gasteiger partial charge in [-0.25, -0.2) is 0 Å². The Labute approximate surface area is 95.2 Å². The van der Waals surface area contributed by atoms with Gasteiger partial charge < -0.3 is 9.84 Å². The lowest BCUT2D eigenvalue weighted by atomic mass is 10.1. The summed E-state index contributed by atoms with van der Waals surface area (Å²) < 4.78 is 5.05. The van der Waals surface area contributed by atoms with Crippen molar-refractivity contribution < 1.29 is 14.6 Å². The third kappa shape index (κ3) is 3.24. The fourth-order valence-electron chi connectivity index (χ4n) is 1.44. The normalized spacial score (nSPS) is 14.2. The van der Waals surface area contributed by atoms with Crippen LogP contribution in [0.1, 0.15) is 25.5 Å². The Balaban J connectivity index is 2.65. The van der Waals surface area contributed by atoms with Gasteiger partial charge in [0.05, 0.1) is 7.11 Å². The van der Waals surface area contributed by atoms with Gasteiger partial charge in [-0.3, -0.25) is 10.1 Å². The van der Waals surface area contributed by atoms with Crippen molar-refractivity contribution in [2.75, 3.05) is 7.11 Å². The molecule has 4 nitrogen and oxygen atoms in total. The molecule has 0 aliphatic heterocycles. The lowest BCUT2D eigenvalue weighted by Crippen LogP contribution is -2.35. The Hall–Kier alpha value is -1.55. The Kier molecular flexibility index (Phi) is 4.31. The van der Waals surface area contributed by atoms with E-state index in [0.717, 1.165) is 11.3 Å². The first-order valence-electron chi connectivity index (χ1n) is 5.17. The third-order valence-corrected chi connectivity index (χ3v) is 2.49. The molecule has 0 radical (unpaired) electrons. The average molecular weight is 223 g/mol. The van der Waals surface area contributed by atoms with E-state index in [4.69, 9.17) is 9.84 Å². The van der Waals surface area contributed by atoms with Gasteiger partial charge in [-0.05, 0) is 31.5 Å². The zero-order chi connectivity index (χ0) is 12.1. The van der Waals surface area contributed by atoms with Crippen LogP contribution in [0.2, 0.25) is 0 Å². The van der Waals surface area contributed by atoms with Crippen molar-refractivity contribution in [2.24, 2.45) is 0 Å². The van der Waals surface area contributed by atoms with Crippen molar-refractivity contribution in [3.05, 3.63) is 29.8 Å². The van der Waals surface area contributed by atoms with Crippen LogP contribution in [0.25, 0.3) is 0 Å². The minimum atomic E-state index is -0.847. The maximum Gasteiger partial charge on any atom is 0.320 e. The Morgan fingerprint density at radius 3 is 2.31 bits per heavy atom. The summed E-state index contributed by atoms with van der Waals surface area (Å²) in [5.74, 6) is -0.0532. The smallest absolute Gasteiger partial charge is 0.320 e. The molecule has 0 aliphatic carbocycles. The maximum atomic E-state index is 10.7. The van der Waals surface area contributed by atoms with E-state index >= 15 is 0 Å². The van der Waals surface area contributed by atoms with E-state index in [9.17, 15) is 4.79 Å². The van der Waals surface area contributed by atoms with Gasteiger partial charge in [0.15, 0.2) is 0 Å². The summed E-state index contributed by atoms with van der Waals surface area (Å²) in [6, 6.07) is 7.00. The molecule has 0 heterocycles. The molecule has 0 spiro atoms. The number of hydrogen-bond donors (Lipinski definition) is 2. The number of carbonyl (C=O) groups is 1. The first kappa shape index (κ1) is 12.5. The highest BCUT2D eigenvalue weighted by atomic mass is 16.5. The van der Waals surface area contributed by atoms with Crippen LogP contribution in [0.15, 0.2) is 24.3 Å². The number of nitrogens with one attached hydrogen (secondary N) is 1. The molecule has 0 bridgehead atoms. The van der Waals surface area contributed by atoms with Crippen LogP contribution in [-0.2, 0) is 4.79 Å². The Morgan fingerprint density at radius 2 is 1.88 bits per heavy atom. The predicted molar refractivity (Wildman–Crippen MR) is 61.6 cm³/mol. The molecule has 2 N–H and O–H groups in total. The number of rotatable bonds is 5. The molecule has 16 heavy (non-hydrogen) atoms. The molecule has 1 unspecified atom stereocenters.